The average Bonchev–Trinajstić information content (AvgIpc) is 2.84. The van der Waals surface area contributed by atoms with Crippen LogP contribution in [-0.2, 0) is 14.6 Å². The Bertz CT molecular complexity index is 722. The molecule has 1 N–H and O–H groups in total. The van der Waals surface area contributed by atoms with Crippen molar-refractivity contribution in [2.24, 2.45) is 0 Å². The van der Waals surface area contributed by atoms with Crippen molar-refractivity contribution in [2.75, 3.05) is 12.0 Å². The number of carboxylic acids is 1. The molecule has 0 fully saturated rings. The molecule has 7 nitrogen and oxygen atoms in total. The van der Waals surface area contributed by atoms with Crippen molar-refractivity contribution in [1.82, 2.24) is 10.2 Å². The highest BCUT2D eigenvalue weighted by molar-refractivity contribution is 7.99. The van der Waals surface area contributed by atoms with Gasteiger partial charge in [0.2, 0.25) is 5.89 Å². The Kier molecular flexibility index (Phi) is 4.09. The number of thioether (sulfide) groups is 1. The van der Waals surface area contributed by atoms with Gasteiger partial charge in [0.05, 0.1) is 4.90 Å². The molecule has 0 bridgehead atoms. The number of carboxylic acid groups (broad SMARTS) is 1. The second-order valence-corrected chi connectivity index (χ2v) is 6.79. The standard InChI is InChI=1S/C11H10N2O5S2/c1-20(16,17)8-4-2-7(3-5-8)10-12-13-11(18-10)19-6-9(14)15/h2-5H,6H2,1H3,(H,14,15). The summed E-state index contributed by atoms with van der Waals surface area (Å²) in [5.74, 6) is -0.945. The van der Waals surface area contributed by atoms with E-state index < -0.39 is 15.8 Å². The minimum Gasteiger partial charge on any atom is -0.481 e. The summed E-state index contributed by atoms with van der Waals surface area (Å²) >= 11 is 0.916. The molecule has 0 atom stereocenters. The summed E-state index contributed by atoms with van der Waals surface area (Å²) in [7, 11) is -3.25. The monoisotopic (exact) mass is 314 g/mol. The minimum absolute atomic E-state index is 0.148. The Morgan fingerprint density at radius 3 is 2.50 bits per heavy atom. The van der Waals surface area contributed by atoms with E-state index in [1.807, 2.05) is 0 Å². The number of hydrogen-bond acceptors (Lipinski definition) is 7. The van der Waals surface area contributed by atoms with Crippen LogP contribution in [-0.4, -0.2) is 41.7 Å². The molecule has 2 rings (SSSR count). The number of aliphatic carboxylic acids is 1. The number of aromatic nitrogens is 2. The van der Waals surface area contributed by atoms with Crippen molar-refractivity contribution >= 4 is 27.6 Å². The van der Waals surface area contributed by atoms with Crippen LogP contribution in [0.2, 0.25) is 0 Å². The first kappa shape index (κ1) is 14.5. The number of sulfone groups is 1. The van der Waals surface area contributed by atoms with E-state index in [1.165, 1.54) is 12.1 Å². The first-order chi connectivity index (χ1) is 9.36. The smallest absolute Gasteiger partial charge is 0.314 e. The molecule has 0 unspecified atom stereocenters. The summed E-state index contributed by atoms with van der Waals surface area (Å²) in [6.45, 7) is 0. The predicted octanol–water partition coefficient (Wildman–Crippen LogP) is 1.32. The molecule has 0 saturated heterocycles. The lowest BCUT2D eigenvalue weighted by molar-refractivity contribution is -0.133. The van der Waals surface area contributed by atoms with Gasteiger partial charge in [-0.15, -0.1) is 10.2 Å². The minimum atomic E-state index is -3.25. The van der Waals surface area contributed by atoms with Crippen LogP contribution in [0.25, 0.3) is 11.5 Å². The summed E-state index contributed by atoms with van der Waals surface area (Å²) < 4.78 is 27.9. The van der Waals surface area contributed by atoms with Crippen molar-refractivity contribution < 1.29 is 22.7 Å². The lowest BCUT2D eigenvalue weighted by Crippen LogP contribution is -1.97. The Labute approximate surface area is 118 Å². The summed E-state index contributed by atoms with van der Waals surface area (Å²) in [4.78, 5) is 10.6. The molecule has 20 heavy (non-hydrogen) atoms. The number of rotatable bonds is 5. The van der Waals surface area contributed by atoms with Crippen LogP contribution in [0.5, 0.6) is 0 Å². The number of hydrogen-bond donors (Lipinski definition) is 1. The van der Waals surface area contributed by atoms with E-state index in [0.717, 1.165) is 18.0 Å². The molecule has 0 aliphatic rings. The Balaban J connectivity index is 2.18. The summed E-state index contributed by atoms with van der Waals surface area (Å²) in [5.41, 5.74) is 0.562. The van der Waals surface area contributed by atoms with Gasteiger partial charge in [0.15, 0.2) is 9.84 Å². The van der Waals surface area contributed by atoms with Gasteiger partial charge in [0.25, 0.3) is 5.22 Å². The topological polar surface area (TPSA) is 110 Å². The molecular weight excluding hydrogens is 304 g/mol. The summed E-state index contributed by atoms with van der Waals surface area (Å²) in [5, 5.41) is 16.2. The van der Waals surface area contributed by atoms with Gasteiger partial charge in [-0.25, -0.2) is 8.42 Å². The molecular formula is C11H10N2O5S2. The van der Waals surface area contributed by atoms with Crippen LogP contribution in [0.15, 0.2) is 38.8 Å². The molecule has 0 aliphatic heterocycles. The summed E-state index contributed by atoms with van der Waals surface area (Å²) in [6.07, 6.45) is 1.12. The highest BCUT2D eigenvalue weighted by Crippen LogP contribution is 2.24. The lowest BCUT2D eigenvalue weighted by Gasteiger charge is -1.98. The molecule has 0 spiro atoms. The third-order valence-corrected chi connectivity index (χ3v) is 4.19. The van der Waals surface area contributed by atoms with Gasteiger partial charge in [-0.1, -0.05) is 11.8 Å². The van der Waals surface area contributed by atoms with Crippen LogP contribution in [0.3, 0.4) is 0 Å². The molecule has 1 heterocycles. The zero-order valence-electron chi connectivity index (χ0n) is 10.3. The predicted molar refractivity (Wildman–Crippen MR) is 71.2 cm³/mol. The van der Waals surface area contributed by atoms with Crippen molar-refractivity contribution in [3.8, 4) is 11.5 Å². The largest absolute Gasteiger partial charge is 0.481 e. The van der Waals surface area contributed by atoms with Gasteiger partial charge >= 0.3 is 5.97 Å². The van der Waals surface area contributed by atoms with Crippen LogP contribution in [0.4, 0.5) is 0 Å². The maximum atomic E-state index is 11.3. The number of benzene rings is 1. The summed E-state index contributed by atoms with van der Waals surface area (Å²) in [6, 6.07) is 5.99. The average molecular weight is 314 g/mol. The fraction of sp³-hybridized carbons (Fsp3) is 0.182. The zero-order chi connectivity index (χ0) is 14.8. The fourth-order valence-corrected chi connectivity index (χ4v) is 2.47. The van der Waals surface area contributed by atoms with Gasteiger partial charge in [0.1, 0.15) is 5.75 Å². The van der Waals surface area contributed by atoms with Gasteiger partial charge in [-0.2, -0.15) is 0 Å². The Hall–Kier alpha value is -1.87. The van der Waals surface area contributed by atoms with Crippen molar-refractivity contribution in [3.05, 3.63) is 24.3 Å². The highest BCUT2D eigenvalue weighted by atomic mass is 32.2. The van der Waals surface area contributed by atoms with Gasteiger partial charge < -0.3 is 9.52 Å². The third kappa shape index (κ3) is 3.58. The first-order valence-corrected chi connectivity index (χ1v) is 8.22. The molecule has 1 aromatic heterocycles. The highest BCUT2D eigenvalue weighted by Gasteiger charge is 2.12. The second-order valence-electron chi connectivity index (χ2n) is 3.85. The molecule has 1 aromatic carbocycles. The first-order valence-electron chi connectivity index (χ1n) is 5.35. The van der Waals surface area contributed by atoms with E-state index in [9.17, 15) is 13.2 Å². The molecule has 0 saturated carbocycles. The van der Waals surface area contributed by atoms with Gasteiger partial charge in [-0.05, 0) is 24.3 Å². The van der Waals surface area contributed by atoms with E-state index in [1.54, 1.807) is 12.1 Å². The van der Waals surface area contributed by atoms with E-state index in [2.05, 4.69) is 10.2 Å². The molecule has 9 heteroatoms. The molecule has 0 amide bonds. The normalized spacial score (nSPS) is 11.4. The van der Waals surface area contributed by atoms with E-state index >= 15 is 0 Å². The van der Waals surface area contributed by atoms with Crippen LogP contribution in [0, 0.1) is 0 Å². The third-order valence-electron chi connectivity index (χ3n) is 2.25. The molecule has 106 valence electrons. The maximum absolute atomic E-state index is 11.3. The van der Waals surface area contributed by atoms with Crippen molar-refractivity contribution in [2.45, 2.75) is 10.1 Å². The Morgan fingerprint density at radius 1 is 1.30 bits per heavy atom. The number of carbonyl (C=O) groups is 1. The SMILES string of the molecule is CS(=O)(=O)c1ccc(-c2nnc(SCC(=O)O)o2)cc1. The maximum Gasteiger partial charge on any atom is 0.314 e. The van der Waals surface area contributed by atoms with Crippen LogP contribution < -0.4 is 0 Å². The molecule has 2 aromatic rings. The van der Waals surface area contributed by atoms with Crippen molar-refractivity contribution in [1.29, 1.82) is 0 Å². The van der Waals surface area contributed by atoms with E-state index in [-0.39, 0.29) is 21.8 Å². The van der Waals surface area contributed by atoms with Gasteiger partial charge in [-0.3, -0.25) is 4.79 Å². The van der Waals surface area contributed by atoms with Crippen LogP contribution >= 0.6 is 11.8 Å². The van der Waals surface area contributed by atoms with E-state index in [4.69, 9.17) is 9.52 Å². The number of nitrogens with zero attached hydrogens (tertiary/aromatic N) is 2. The van der Waals surface area contributed by atoms with Crippen LogP contribution in [0.1, 0.15) is 0 Å². The zero-order valence-corrected chi connectivity index (χ0v) is 11.9. The quantitative estimate of drug-likeness (QED) is 0.823. The molecule has 0 radical (unpaired) electrons. The molecule has 0 aliphatic carbocycles. The fourth-order valence-electron chi connectivity index (χ4n) is 1.35. The van der Waals surface area contributed by atoms with E-state index in [0.29, 0.717) is 5.56 Å². The van der Waals surface area contributed by atoms with Crippen molar-refractivity contribution in [3.63, 3.8) is 0 Å². The Morgan fingerprint density at radius 2 is 1.95 bits per heavy atom. The lowest BCUT2D eigenvalue weighted by atomic mass is 10.2. The second kappa shape index (κ2) is 5.63. The van der Waals surface area contributed by atoms with Gasteiger partial charge in [0, 0.05) is 11.8 Å².